The Labute approximate surface area is 175 Å². The molecule has 1 aliphatic heterocycles. The van der Waals surface area contributed by atoms with Crippen molar-refractivity contribution in [3.8, 4) is 5.75 Å². The Kier molecular flexibility index (Phi) is 5.49. The Morgan fingerprint density at radius 2 is 1.97 bits per heavy atom. The molecule has 1 aromatic heterocycles. The van der Waals surface area contributed by atoms with Gasteiger partial charge in [0.25, 0.3) is 0 Å². The first-order chi connectivity index (χ1) is 14.1. The second kappa shape index (κ2) is 8.21. The fourth-order valence-electron chi connectivity index (χ4n) is 3.58. The molecule has 6 heteroatoms. The summed E-state index contributed by atoms with van der Waals surface area (Å²) in [7, 11) is 0. The maximum Gasteiger partial charge on any atom is 0.242 e. The van der Waals surface area contributed by atoms with E-state index in [9.17, 15) is 4.79 Å². The van der Waals surface area contributed by atoms with Crippen LogP contribution in [-0.4, -0.2) is 28.2 Å². The highest BCUT2D eigenvalue weighted by Gasteiger charge is 2.34. The molecule has 0 aliphatic carbocycles. The molecule has 0 saturated carbocycles. The van der Waals surface area contributed by atoms with Crippen LogP contribution in [0.2, 0.25) is 5.15 Å². The van der Waals surface area contributed by atoms with Gasteiger partial charge in [0.2, 0.25) is 5.91 Å². The van der Waals surface area contributed by atoms with Gasteiger partial charge >= 0.3 is 0 Å². The second-order valence-electron chi connectivity index (χ2n) is 6.88. The zero-order valence-electron chi connectivity index (χ0n) is 16.4. The second-order valence-corrected chi connectivity index (χ2v) is 7.24. The van der Waals surface area contributed by atoms with Crippen LogP contribution >= 0.6 is 11.6 Å². The number of hydrogen-bond acceptors (Lipinski definition) is 4. The van der Waals surface area contributed by atoms with Gasteiger partial charge in [-0.3, -0.25) is 4.79 Å². The number of rotatable bonds is 5. The minimum absolute atomic E-state index is 0.0382. The molecule has 148 valence electrons. The zero-order chi connectivity index (χ0) is 20.4. The molecule has 1 amide bonds. The van der Waals surface area contributed by atoms with Crippen LogP contribution in [0.25, 0.3) is 10.9 Å². The monoisotopic (exact) mass is 407 g/mol. The fourth-order valence-corrected chi connectivity index (χ4v) is 3.85. The topological polar surface area (TPSA) is 54.8 Å². The van der Waals surface area contributed by atoms with E-state index in [1.54, 1.807) is 5.01 Å². The lowest BCUT2D eigenvalue weighted by Crippen LogP contribution is -2.26. The molecule has 1 atom stereocenters. The lowest BCUT2D eigenvalue weighted by molar-refractivity contribution is -0.132. The molecule has 0 radical (unpaired) electrons. The van der Waals surface area contributed by atoms with Crippen LogP contribution in [0.4, 0.5) is 0 Å². The maximum atomic E-state index is 12.6. The van der Waals surface area contributed by atoms with Crippen LogP contribution < -0.4 is 4.74 Å². The van der Waals surface area contributed by atoms with E-state index in [1.807, 2.05) is 68.4 Å². The van der Waals surface area contributed by atoms with Crippen LogP contribution in [0.1, 0.15) is 43.9 Å². The van der Waals surface area contributed by atoms with E-state index in [0.29, 0.717) is 24.6 Å². The number of halogens is 1. The van der Waals surface area contributed by atoms with Crippen LogP contribution in [-0.2, 0) is 4.79 Å². The van der Waals surface area contributed by atoms with Gasteiger partial charge in [0.15, 0.2) is 0 Å². The largest absolute Gasteiger partial charge is 0.494 e. The molecule has 0 fully saturated rings. The first-order valence-corrected chi connectivity index (χ1v) is 10.2. The summed E-state index contributed by atoms with van der Waals surface area (Å²) in [6.07, 6.45) is 0.970. The van der Waals surface area contributed by atoms with Crippen molar-refractivity contribution in [2.75, 3.05) is 6.61 Å². The predicted octanol–water partition coefficient (Wildman–Crippen LogP) is 5.37. The molecular formula is C23H22ClN3O2. The number of benzene rings is 2. The van der Waals surface area contributed by atoms with E-state index in [2.05, 4.69) is 10.1 Å². The number of amides is 1. The van der Waals surface area contributed by atoms with Gasteiger partial charge in [-0.25, -0.2) is 9.99 Å². The third-order valence-corrected chi connectivity index (χ3v) is 5.32. The SMILES string of the molecule is CCOc1ccc2cc(C3CC(c4ccccc4)=NN3C(=O)CC)c(Cl)nc2c1. The van der Waals surface area contributed by atoms with Crippen molar-refractivity contribution in [1.29, 1.82) is 0 Å². The molecule has 0 bridgehead atoms. The smallest absolute Gasteiger partial charge is 0.242 e. The van der Waals surface area contributed by atoms with Crippen molar-refractivity contribution < 1.29 is 9.53 Å². The van der Waals surface area contributed by atoms with Gasteiger partial charge in [-0.05, 0) is 30.7 Å². The normalized spacial score (nSPS) is 16.2. The van der Waals surface area contributed by atoms with Crippen LogP contribution in [0, 0.1) is 0 Å². The fraction of sp³-hybridized carbons (Fsp3) is 0.261. The van der Waals surface area contributed by atoms with Gasteiger partial charge in [-0.15, -0.1) is 0 Å². The van der Waals surface area contributed by atoms with Gasteiger partial charge in [-0.1, -0.05) is 48.9 Å². The summed E-state index contributed by atoms with van der Waals surface area (Å²) < 4.78 is 5.56. The summed E-state index contributed by atoms with van der Waals surface area (Å²) >= 11 is 6.58. The lowest BCUT2D eigenvalue weighted by Gasteiger charge is -2.22. The van der Waals surface area contributed by atoms with E-state index in [4.69, 9.17) is 16.3 Å². The standard InChI is InChI=1S/C23H22ClN3O2/c1-3-22(28)27-21(14-20(26-27)15-8-6-5-7-9-15)18-12-16-10-11-17(29-4-2)13-19(16)25-23(18)24/h5-13,21H,3-4,14H2,1-2H3. The molecule has 0 spiro atoms. The number of aromatic nitrogens is 1. The van der Waals surface area contributed by atoms with Crippen molar-refractivity contribution in [2.24, 2.45) is 5.10 Å². The van der Waals surface area contributed by atoms with Crippen LogP contribution in [0.5, 0.6) is 5.75 Å². The number of ether oxygens (including phenoxy) is 1. The van der Waals surface area contributed by atoms with Gasteiger partial charge < -0.3 is 4.74 Å². The number of nitrogens with zero attached hydrogens (tertiary/aromatic N) is 3. The van der Waals surface area contributed by atoms with Gasteiger partial charge in [0.1, 0.15) is 10.9 Å². The highest BCUT2D eigenvalue weighted by Crippen LogP contribution is 2.37. The summed E-state index contributed by atoms with van der Waals surface area (Å²) in [5, 5.41) is 7.53. The Balaban J connectivity index is 1.74. The third-order valence-electron chi connectivity index (χ3n) is 5.02. The lowest BCUT2D eigenvalue weighted by atomic mass is 9.98. The van der Waals surface area contributed by atoms with Gasteiger partial charge in [0, 0.05) is 29.9 Å². The van der Waals surface area contributed by atoms with Crippen molar-refractivity contribution in [1.82, 2.24) is 9.99 Å². The Bertz CT molecular complexity index is 1080. The average Bonchev–Trinajstić information content (AvgIpc) is 3.19. The van der Waals surface area contributed by atoms with Crippen LogP contribution in [0.15, 0.2) is 59.7 Å². The molecule has 1 unspecified atom stereocenters. The molecular weight excluding hydrogens is 386 g/mol. The predicted molar refractivity (Wildman–Crippen MR) is 115 cm³/mol. The first kappa shape index (κ1) is 19.4. The maximum absolute atomic E-state index is 12.6. The van der Waals surface area contributed by atoms with E-state index >= 15 is 0 Å². The molecule has 2 heterocycles. The zero-order valence-corrected chi connectivity index (χ0v) is 17.2. The summed E-state index contributed by atoms with van der Waals surface area (Å²) in [6, 6.07) is 17.4. The van der Waals surface area contributed by atoms with Gasteiger partial charge in [0.05, 0.1) is 23.9 Å². The third kappa shape index (κ3) is 3.83. The van der Waals surface area contributed by atoms with Gasteiger partial charge in [-0.2, -0.15) is 5.10 Å². The molecule has 5 nitrogen and oxygen atoms in total. The molecule has 29 heavy (non-hydrogen) atoms. The molecule has 3 aromatic rings. The van der Waals surface area contributed by atoms with E-state index in [-0.39, 0.29) is 11.9 Å². The number of carbonyl (C=O) groups excluding carboxylic acids is 1. The molecule has 0 N–H and O–H groups in total. The van der Waals surface area contributed by atoms with Crippen molar-refractivity contribution in [3.63, 3.8) is 0 Å². The van der Waals surface area contributed by atoms with Crippen molar-refractivity contribution in [2.45, 2.75) is 32.7 Å². The van der Waals surface area contributed by atoms with Crippen molar-refractivity contribution >= 4 is 34.1 Å². The summed E-state index contributed by atoms with van der Waals surface area (Å²) in [5.41, 5.74) is 3.45. The number of hydrogen-bond donors (Lipinski definition) is 0. The Morgan fingerprint density at radius 3 is 2.69 bits per heavy atom. The minimum atomic E-state index is -0.270. The molecule has 0 saturated heterocycles. The number of hydrazone groups is 1. The highest BCUT2D eigenvalue weighted by molar-refractivity contribution is 6.30. The number of carbonyl (C=O) groups is 1. The molecule has 4 rings (SSSR count). The van der Waals surface area contributed by atoms with E-state index < -0.39 is 0 Å². The molecule has 2 aromatic carbocycles. The first-order valence-electron chi connectivity index (χ1n) is 9.78. The number of fused-ring (bicyclic) bond motifs is 1. The Hall–Kier alpha value is -2.92. The highest BCUT2D eigenvalue weighted by atomic mass is 35.5. The quantitative estimate of drug-likeness (QED) is 0.534. The van der Waals surface area contributed by atoms with E-state index in [0.717, 1.165) is 33.5 Å². The summed E-state index contributed by atoms with van der Waals surface area (Å²) in [5.74, 6) is 0.721. The van der Waals surface area contributed by atoms with E-state index in [1.165, 1.54) is 0 Å². The van der Waals surface area contributed by atoms with Crippen molar-refractivity contribution in [3.05, 3.63) is 70.9 Å². The average molecular weight is 408 g/mol. The summed E-state index contributed by atoms with van der Waals surface area (Å²) in [6.45, 7) is 4.37. The number of pyridine rings is 1. The van der Waals surface area contributed by atoms with Crippen LogP contribution in [0.3, 0.4) is 0 Å². The minimum Gasteiger partial charge on any atom is -0.494 e. The summed E-state index contributed by atoms with van der Waals surface area (Å²) in [4.78, 5) is 17.2. The Morgan fingerprint density at radius 1 is 1.17 bits per heavy atom. The molecule has 1 aliphatic rings.